The second kappa shape index (κ2) is 6.08. The van der Waals surface area contributed by atoms with E-state index in [-0.39, 0.29) is 24.5 Å². The van der Waals surface area contributed by atoms with Crippen molar-refractivity contribution in [3.8, 4) is 5.75 Å². The molecule has 22 heavy (non-hydrogen) atoms. The number of carboxylic acid groups (broad SMARTS) is 1. The SMILES string of the molecule is O=C(O)CNC(=O)CN1CC(=O)Oc2cc([N+](=O)[O-])ccc21. The quantitative estimate of drug-likeness (QED) is 0.322. The largest absolute Gasteiger partial charge is 0.480 e. The molecule has 1 aliphatic rings. The molecule has 1 aromatic rings. The van der Waals surface area contributed by atoms with Crippen molar-refractivity contribution in [2.24, 2.45) is 0 Å². The number of hydrogen-bond acceptors (Lipinski definition) is 7. The average molecular weight is 309 g/mol. The maximum atomic E-state index is 11.6. The van der Waals surface area contributed by atoms with Crippen molar-refractivity contribution in [1.82, 2.24) is 5.32 Å². The number of hydrogen-bond donors (Lipinski definition) is 2. The summed E-state index contributed by atoms with van der Waals surface area (Å²) in [6.07, 6.45) is 0. The van der Waals surface area contributed by atoms with Gasteiger partial charge < -0.3 is 20.1 Å². The molecule has 0 fully saturated rings. The highest BCUT2D eigenvalue weighted by molar-refractivity contribution is 5.90. The van der Waals surface area contributed by atoms with Gasteiger partial charge in [0.05, 0.1) is 23.2 Å². The fourth-order valence-corrected chi connectivity index (χ4v) is 1.90. The molecule has 0 unspecified atom stereocenters. The van der Waals surface area contributed by atoms with Gasteiger partial charge in [0.15, 0.2) is 5.75 Å². The van der Waals surface area contributed by atoms with Crippen LogP contribution in [0.15, 0.2) is 18.2 Å². The van der Waals surface area contributed by atoms with E-state index in [0.717, 1.165) is 6.07 Å². The van der Waals surface area contributed by atoms with Crippen molar-refractivity contribution in [3.05, 3.63) is 28.3 Å². The molecule has 2 rings (SSSR count). The maximum Gasteiger partial charge on any atom is 0.331 e. The number of rotatable bonds is 5. The molecule has 1 aromatic carbocycles. The van der Waals surface area contributed by atoms with Crippen molar-refractivity contribution < 1.29 is 29.2 Å². The van der Waals surface area contributed by atoms with Crippen LogP contribution in [0, 0.1) is 10.1 Å². The number of carboxylic acids is 1. The van der Waals surface area contributed by atoms with Gasteiger partial charge in [-0.05, 0) is 6.07 Å². The van der Waals surface area contributed by atoms with E-state index in [0.29, 0.717) is 5.69 Å². The summed E-state index contributed by atoms with van der Waals surface area (Å²) in [6.45, 7) is -1.03. The minimum absolute atomic E-state index is 0.0171. The molecule has 116 valence electrons. The number of aliphatic carboxylic acids is 1. The third-order valence-corrected chi connectivity index (χ3v) is 2.81. The number of non-ortho nitro benzene ring substituents is 1. The predicted octanol–water partition coefficient (Wildman–Crippen LogP) is -0.479. The van der Waals surface area contributed by atoms with E-state index >= 15 is 0 Å². The zero-order valence-corrected chi connectivity index (χ0v) is 11.1. The van der Waals surface area contributed by atoms with Gasteiger partial charge in [-0.25, -0.2) is 4.79 Å². The zero-order valence-electron chi connectivity index (χ0n) is 11.1. The summed E-state index contributed by atoms with van der Waals surface area (Å²) in [5.41, 5.74) is 0.0967. The average Bonchev–Trinajstić information content (AvgIpc) is 2.44. The summed E-state index contributed by atoms with van der Waals surface area (Å²) >= 11 is 0. The second-order valence-electron chi connectivity index (χ2n) is 4.41. The predicted molar refractivity (Wildman–Crippen MR) is 71.6 cm³/mol. The first kappa shape index (κ1) is 15.2. The summed E-state index contributed by atoms with van der Waals surface area (Å²) in [6, 6.07) is 3.68. The molecular weight excluding hydrogens is 298 g/mol. The number of fused-ring (bicyclic) bond motifs is 1. The van der Waals surface area contributed by atoms with Gasteiger partial charge in [0.1, 0.15) is 13.1 Å². The van der Waals surface area contributed by atoms with E-state index < -0.39 is 29.3 Å². The Morgan fingerprint density at radius 2 is 2.18 bits per heavy atom. The Morgan fingerprint density at radius 3 is 2.82 bits per heavy atom. The molecule has 10 heteroatoms. The third-order valence-electron chi connectivity index (χ3n) is 2.81. The number of nitro groups is 1. The molecule has 0 bridgehead atoms. The number of nitrogens with zero attached hydrogens (tertiary/aromatic N) is 2. The van der Waals surface area contributed by atoms with Gasteiger partial charge in [0.25, 0.3) is 5.69 Å². The summed E-state index contributed by atoms with van der Waals surface area (Å²) in [5.74, 6) is -2.47. The minimum Gasteiger partial charge on any atom is -0.480 e. The molecule has 0 radical (unpaired) electrons. The van der Waals surface area contributed by atoms with Crippen LogP contribution in [-0.2, 0) is 14.4 Å². The normalized spacial score (nSPS) is 13.1. The Bertz CT molecular complexity index is 658. The number of carbonyl (C=O) groups excluding carboxylic acids is 2. The topological polar surface area (TPSA) is 139 Å². The molecule has 0 spiro atoms. The van der Waals surface area contributed by atoms with Gasteiger partial charge in [-0.2, -0.15) is 0 Å². The molecule has 0 saturated heterocycles. The van der Waals surface area contributed by atoms with Crippen LogP contribution >= 0.6 is 0 Å². The zero-order chi connectivity index (χ0) is 16.3. The molecule has 10 nitrogen and oxygen atoms in total. The fourth-order valence-electron chi connectivity index (χ4n) is 1.90. The lowest BCUT2D eigenvalue weighted by Gasteiger charge is -2.28. The Hall–Kier alpha value is -3.17. The number of benzene rings is 1. The van der Waals surface area contributed by atoms with Crippen molar-refractivity contribution in [2.45, 2.75) is 0 Å². The van der Waals surface area contributed by atoms with E-state index in [2.05, 4.69) is 5.32 Å². The number of anilines is 1. The lowest BCUT2D eigenvalue weighted by Crippen LogP contribution is -2.44. The van der Waals surface area contributed by atoms with E-state index in [1.165, 1.54) is 17.0 Å². The standard InChI is InChI=1S/C12H11N3O7/c16-10(13-4-11(17)18)5-14-6-12(19)22-9-3-7(15(20)21)1-2-8(9)14/h1-3H,4-6H2,(H,13,16)(H,17,18). The smallest absolute Gasteiger partial charge is 0.331 e. The Balaban J connectivity index is 2.17. The highest BCUT2D eigenvalue weighted by atomic mass is 16.6. The van der Waals surface area contributed by atoms with Crippen LogP contribution in [0.1, 0.15) is 0 Å². The fraction of sp³-hybridized carbons (Fsp3) is 0.250. The van der Waals surface area contributed by atoms with Crippen molar-refractivity contribution in [2.75, 3.05) is 24.5 Å². The number of esters is 1. The Kier molecular flexibility index (Phi) is 4.20. The van der Waals surface area contributed by atoms with E-state index in [4.69, 9.17) is 9.84 Å². The number of carbonyl (C=O) groups is 3. The van der Waals surface area contributed by atoms with Gasteiger partial charge in [0, 0.05) is 6.07 Å². The Labute approximate surface area is 123 Å². The van der Waals surface area contributed by atoms with Crippen molar-refractivity contribution >= 4 is 29.2 Å². The second-order valence-corrected chi connectivity index (χ2v) is 4.41. The van der Waals surface area contributed by atoms with E-state index in [1.807, 2.05) is 0 Å². The number of nitro benzene ring substituents is 1. The third kappa shape index (κ3) is 3.48. The summed E-state index contributed by atoms with van der Waals surface area (Å²) in [5, 5.41) is 21.4. The molecule has 1 amide bonds. The Morgan fingerprint density at radius 1 is 1.45 bits per heavy atom. The molecule has 2 N–H and O–H groups in total. The van der Waals surface area contributed by atoms with Gasteiger partial charge in [0.2, 0.25) is 5.91 Å². The highest BCUT2D eigenvalue weighted by Crippen LogP contribution is 2.34. The van der Waals surface area contributed by atoms with Crippen LogP contribution in [-0.4, -0.2) is 47.5 Å². The molecule has 0 saturated carbocycles. The van der Waals surface area contributed by atoms with Crippen molar-refractivity contribution in [3.63, 3.8) is 0 Å². The van der Waals surface area contributed by atoms with Crippen LogP contribution in [0.4, 0.5) is 11.4 Å². The summed E-state index contributed by atoms with van der Waals surface area (Å²) in [4.78, 5) is 44.9. The van der Waals surface area contributed by atoms with Crippen LogP contribution < -0.4 is 15.0 Å². The van der Waals surface area contributed by atoms with Crippen LogP contribution in [0.2, 0.25) is 0 Å². The number of amides is 1. The first-order valence-corrected chi connectivity index (χ1v) is 6.09. The van der Waals surface area contributed by atoms with E-state index in [1.54, 1.807) is 0 Å². The van der Waals surface area contributed by atoms with Crippen LogP contribution in [0.5, 0.6) is 5.75 Å². The first-order chi connectivity index (χ1) is 10.4. The molecule has 1 heterocycles. The molecule has 1 aliphatic heterocycles. The summed E-state index contributed by atoms with van der Waals surface area (Å²) < 4.78 is 4.92. The van der Waals surface area contributed by atoms with Crippen LogP contribution in [0.25, 0.3) is 0 Å². The first-order valence-electron chi connectivity index (χ1n) is 6.09. The maximum absolute atomic E-state index is 11.6. The molecule has 0 atom stereocenters. The lowest BCUT2D eigenvalue weighted by atomic mass is 10.2. The number of ether oxygens (including phenoxy) is 1. The van der Waals surface area contributed by atoms with Gasteiger partial charge >= 0.3 is 11.9 Å². The lowest BCUT2D eigenvalue weighted by molar-refractivity contribution is -0.384. The molecule has 0 aromatic heterocycles. The van der Waals surface area contributed by atoms with Gasteiger partial charge in [-0.1, -0.05) is 0 Å². The minimum atomic E-state index is -1.19. The summed E-state index contributed by atoms with van der Waals surface area (Å²) in [7, 11) is 0. The van der Waals surface area contributed by atoms with Gasteiger partial charge in [-0.15, -0.1) is 0 Å². The highest BCUT2D eigenvalue weighted by Gasteiger charge is 2.27. The van der Waals surface area contributed by atoms with Gasteiger partial charge in [-0.3, -0.25) is 19.7 Å². The van der Waals surface area contributed by atoms with Crippen molar-refractivity contribution in [1.29, 1.82) is 0 Å². The van der Waals surface area contributed by atoms with Crippen LogP contribution in [0.3, 0.4) is 0 Å². The number of nitrogens with one attached hydrogen (secondary N) is 1. The van der Waals surface area contributed by atoms with E-state index in [9.17, 15) is 24.5 Å². The molecular formula is C12H11N3O7. The molecule has 0 aliphatic carbocycles. The monoisotopic (exact) mass is 309 g/mol.